The summed E-state index contributed by atoms with van der Waals surface area (Å²) in [4.78, 5) is 11.4. The highest BCUT2D eigenvalue weighted by Gasteiger charge is 2.22. The minimum absolute atomic E-state index is 0.0742. The predicted octanol–water partition coefficient (Wildman–Crippen LogP) is -0.236. The van der Waals surface area contributed by atoms with Crippen LogP contribution in [0.2, 0.25) is 0 Å². The van der Waals surface area contributed by atoms with Crippen molar-refractivity contribution >= 4 is 5.91 Å². The highest BCUT2D eigenvalue weighted by Crippen LogP contribution is 2.14. The smallest absolute Gasteiger partial charge is 0.246 e. The molecule has 1 heterocycles. The second-order valence-electron chi connectivity index (χ2n) is 4.16. The Balaban J connectivity index is 2.10. The number of methoxy groups -OCH3 is 1. The molecule has 1 fully saturated rings. The summed E-state index contributed by atoms with van der Waals surface area (Å²) < 4.78 is 10.4. The molecule has 94 valence electrons. The van der Waals surface area contributed by atoms with Gasteiger partial charge >= 0.3 is 0 Å². The lowest BCUT2D eigenvalue weighted by Crippen LogP contribution is -2.43. The van der Waals surface area contributed by atoms with Gasteiger partial charge in [-0.05, 0) is 18.9 Å². The predicted molar refractivity (Wildman–Crippen MR) is 61.3 cm³/mol. The lowest BCUT2D eigenvalue weighted by molar-refractivity contribution is -0.129. The molecule has 1 aliphatic heterocycles. The van der Waals surface area contributed by atoms with Crippen molar-refractivity contribution < 1.29 is 14.3 Å². The van der Waals surface area contributed by atoms with Gasteiger partial charge in [-0.1, -0.05) is 6.92 Å². The summed E-state index contributed by atoms with van der Waals surface area (Å²) in [6.45, 7) is 5.26. The van der Waals surface area contributed by atoms with Crippen LogP contribution in [0, 0.1) is 5.92 Å². The summed E-state index contributed by atoms with van der Waals surface area (Å²) in [6, 6.07) is 0. The summed E-state index contributed by atoms with van der Waals surface area (Å²) >= 11 is 0. The number of hydrogen-bond acceptors (Lipinski definition) is 4. The van der Waals surface area contributed by atoms with E-state index in [0.717, 1.165) is 19.5 Å². The van der Waals surface area contributed by atoms with E-state index in [1.807, 2.05) is 0 Å². The Bertz CT molecular complexity index is 211. The Morgan fingerprint density at radius 3 is 3.06 bits per heavy atom. The van der Waals surface area contributed by atoms with Crippen LogP contribution >= 0.6 is 0 Å². The summed E-state index contributed by atoms with van der Waals surface area (Å²) in [6.07, 6.45) is 1.26. The highest BCUT2D eigenvalue weighted by molar-refractivity contribution is 5.77. The number of hydrogen-bond donors (Lipinski definition) is 2. The van der Waals surface area contributed by atoms with Crippen LogP contribution in [0.4, 0.5) is 0 Å². The van der Waals surface area contributed by atoms with Gasteiger partial charge in [0.1, 0.15) is 6.61 Å². The van der Waals surface area contributed by atoms with Gasteiger partial charge < -0.3 is 20.1 Å². The van der Waals surface area contributed by atoms with Gasteiger partial charge in [0.15, 0.2) is 0 Å². The van der Waals surface area contributed by atoms with Crippen molar-refractivity contribution in [3.05, 3.63) is 0 Å². The Hall–Kier alpha value is -0.650. The Labute approximate surface area is 96.9 Å². The molecule has 0 saturated carbocycles. The van der Waals surface area contributed by atoms with Crippen molar-refractivity contribution in [2.24, 2.45) is 5.92 Å². The van der Waals surface area contributed by atoms with Crippen LogP contribution in [0.1, 0.15) is 13.3 Å². The molecule has 0 aliphatic carbocycles. The molecule has 16 heavy (non-hydrogen) atoms. The van der Waals surface area contributed by atoms with E-state index >= 15 is 0 Å². The first-order valence-corrected chi connectivity index (χ1v) is 5.82. The molecule has 5 nitrogen and oxygen atoms in total. The van der Waals surface area contributed by atoms with Gasteiger partial charge in [0.2, 0.25) is 5.91 Å². The molecule has 5 heteroatoms. The largest absolute Gasteiger partial charge is 0.383 e. The fraction of sp³-hybridized carbons (Fsp3) is 0.909. The second-order valence-corrected chi connectivity index (χ2v) is 4.16. The SMILES string of the molecule is COCCNC(=O)COC1CNCCC1C. The monoisotopic (exact) mass is 230 g/mol. The van der Waals surface area contributed by atoms with Crippen LogP contribution in [0.25, 0.3) is 0 Å². The second kappa shape index (κ2) is 7.60. The maximum Gasteiger partial charge on any atom is 0.246 e. The van der Waals surface area contributed by atoms with E-state index in [4.69, 9.17) is 9.47 Å². The van der Waals surface area contributed by atoms with E-state index in [-0.39, 0.29) is 18.6 Å². The zero-order valence-corrected chi connectivity index (χ0v) is 10.1. The van der Waals surface area contributed by atoms with Crippen LogP contribution in [0.3, 0.4) is 0 Å². The molecule has 1 rings (SSSR count). The van der Waals surface area contributed by atoms with Crippen LogP contribution in [-0.2, 0) is 14.3 Å². The Morgan fingerprint density at radius 2 is 2.38 bits per heavy atom. The summed E-state index contributed by atoms with van der Waals surface area (Å²) in [7, 11) is 1.61. The summed E-state index contributed by atoms with van der Waals surface area (Å²) in [5, 5.41) is 5.99. The number of piperidine rings is 1. The third-order valence-electron chi connectivity index (χ3n) is 2.81. The normalized spacial score (nSPS) is 25.4. The first-order valence-electron chi connectivity index (χ1n) is 5.82. The van der Waals surface area contributed by atoms with Crippen molar-refractivity contribution in [2.75, 3.05) is 40.0 Å². The minimum atomic E-state index is -0.0742. The third-order valence-corrected chi connectivity index (χ3v) is 2.81. The number of rotatable bonds is 6. The summed E-state index contributed by atoms with van der Waals surface area (Å²) in [5.74, 6) is 0.447. The lowest BCUT2D eigenvalue weighted by atomic mass is 9.97. The maximum atomic E-state index is 11.4. The molecule has 0 bridgehead atoms. The van der Waals surface area contributed by atoms with E-state index < -0.39 is 0 Å². The molecule has 1 aliphatic rings. The van der Waals surface area contributed by atoms with Gasteiger partial charge in [-0.15, -0.1) is 0 Å². The van der Waals surface area contributed by atoms with Gasteiger partial charge in [0.05, 0.1) is 12.7 Å². The molecule has 0 spiro atoms. The van der Waals surface area contributed by atoms with Gasteiger partial charge in [-0.2, -0.15) is 0 Å². The third kappa shape index (κ3) is 4.92. The van der Waals surface area contributed by atoms with E-state index in [2.05, 4.69) is 17.6 Å². The molecular formula is C11H22N2O3. The minimum Gasteiger partial charge on any atom is -0.383 e. The van der Waals surface area contributed by atoms with Crippen molar-refractivity contribution in [3.63, 3.8) is 0 Å². The fourth-order valence-corrected chi connectivity index (χ4v) is 1.71. The van der Waals surface area contributed by atoms with Crippen LogP contribution in [0.15, 0.2) is 0 Å². The molecule has 0 radical (unpaired) electrons. The van der Waals surface area contributed by atoms with Gasteiger partial charge in [-0.3, -0.25) is 4.79 Å². The molecule has 2 N–H and O–H groups in total. The Kier molecular flexibility index (Phi) is 6.37. The first-order chi connectivity index (χ1) is 7.74. The van der Waals surface area contributed by atoms with E-state index in [1.54, 1.807) is 7.11 Å². The van der Waals surface area contributed by atoms with Crippen LogP contribution < -0.4 is 10.6 Å². The van der Waals surface area contributed by atoms with Crippen molar-refractivity contribution in [2.45, 2.75) is 19.4 Å². The molecule has 0 aromatic carbocycles. The highest BCUT2D eigenvalue weighted by atomic mass is 16.5. The molecule has 1 amide bonds. The standard InChI is InChI=1S/C11H22N2O3/c1-9-3-4-12-7-10(9)16-8-11(14)13-5-6-15-2/h9-10,12H,3-8H2,1-2H3,(H,13,14). The van der Waals surface area contributed by atoms with E-state index in [0.29, 0.717) is 19.1 Å². The van der Waals surface area contributed by atoms with E-state index in [9.17, 15) is 4.79 Å². The quantitative estimate of drug-likeness (QED) is 0.619. The number of ether oxygens (including phenoxy) is 2. The topological polar surface area (TPSA) is 59.6 Å². The molecule has 0 aromatic rings. The Morgan fingerprint density at radius 1 is 1.56 bits per heavy atom. The molecular weight excluding hydrogens is 208 g/mol. The van der Waals surface area contributed by atoms with Crippen molar-refractivity contribution in [1.29, 1.82) is 0 Å². The number of amides is 1. The van der Waals surface area contributed by atoms with Gasteiger partial charge in [0, 0.05) is 20.2 Å². The molecule has 2 unspecified atom stereocenters. The van der Waals surface area contributed by atoms with Crippen LogP contribution in [0.5, 0.6) is 0 Å². The van der Waals surface area contributed by atoms with Crippen molar-refractivity contribution in [1.82, 2.24) is 10.6 Å². The van der Waals surface area contributed by atoms with Crippen LogP contribution in [-0.4, -0.2) is 52.0 Å². The average Bonchev–Trinajstić information content (AvgIpc) is 2.28. The molecule has 1 saturated heterocycles. The number of carbonyl (C=O) groups is 1. The van der Waals surface area contributed by atoms with Gasteiger partial charge in [-0.25, -0.2) is 0 Å². The van der Waals surface area contributed by atoms with Crippen molar-refractivity contribution in [3.8, 4) is 0 Å². The lowest BCUT2D eigenvalue weighted by Gasteiger charge is -2.29. The van der Waals surface area contributed by atoms with Gasteiger partial charge in [0.25, 0.3) is 0 Å². The maximum absolute atomic E-state index is 11.4. The number of carbonyl (C=O) groups excluding carboxylic acids is 1. The average molecular weight is 230 g/mol. The zero-order valence-electron chi connectivity index (χ0n) is 10.1. The zero-order chi connectivity index (χ0) is 11.8. The molecule has 0 aromatic heterocycles. The fourth-order valence-electron chi connectivity index (χ4n) is 1.71. The first kappa shape index (κ1) is 13.4. The molecule has 2 atom stereocenters. The van der Waals surface area contributed by atoms with E-state index in [1.165, 1.54) is 0 Å². The number of nitrogens with one attached hydrogen (secondary N) is 2. The summed E-state index contributed by atoms with van der Waals surface area (Å²) in [5.41, 5.74) is 0.